The fourth-order valence-electron chi connectivity index (χ4n) is 3.60. The van der Waals surface area contributed by atoms with Crippen molar-refractivity contribution >= 4 is 44.9 Å². The topological polar surface area (TPSA) is 107 Å². The Hall–Kier alpha value is -2.83. The van der Waals surface area contributed by atoms with Gasteiger partial charge in [0, 0.05) is 58.7 Å². The van der Waals surface area contributed by atoms with Crippen LogP contribution in [0, 0.1) is 0 Å². The molecule has 2 aromatic heterocycles. The van der Waals surface area contributed by atoms with Crippen molar-refractivity contribution in [2.45, 2.75) is 11.4 Å². The molecule has 1 aliphatic heterocycles. The van der Waals surface area contributed by atoms with Crippen LogP contribution in [0.2, 0.25) is 5.02 Å². The number of nitrogens with one attached hydrogen (secondary N) is 2. The lowest BCUT2D eigenvalue weighted by Crippen LogP contribution is -2.43. The van der Waals surface area contributed by atoms with E-state index in [9.17, 15) is 8.42 Å². The van der Waals surface area contributed by atoms with E-state index >= 15 is 0 Å². The average Bonchev–Trinajstić information content (AvgIpc) is 2.84. The van der Waals surface area contributed by atoms with Crippen LogP contribution in [0.4, 0.5) is 23.3 Å². The summed E-state index contributed by atoms with van der Waals surface area (Å²) in [7, 11) is 1.36. The van der Waals surface area contributed by atoms with Gasteiger partial charge in [0.2, 0.25) is 16.0 Å². The molecule has 1 aliphatic rings. The molecule has 0 radical (unpaired) electrons. The van der Waals surface area contributed by atoms with Gasteiger partial charge < -0.3 is 15.5 Å². The molecule has 0 aliphatic carbocycles. The van der Waals surface area contributed by atoms with Gasteiger partial charge in [-0.25, -0.2) is 22.7 Å². The number of pyridine rings is 1. The van der Waals surface area contributed by atoms with Crippen molar-refractivity contribution in [2.75, 3.05) is 58.0 Å². The summed E-state index contributed by atoms with van der Waals surface area (Å²) < 4.78 is 26.5. The maximum atomic E-state index is 12.7. The molecule has 0 atom stereocenters. The summed E-state index contributed by atoms with van der Waals surface area (Å²) in [5.41, 5.74) is 2.07. The van der Waals surface area contributed by atoms with Crippen LogP contribution in [0.1, 0.15) is 5.56 Å². The summed E-state index contributed by atoms with van der Waals surface area (Å²) in [5.74, 6) is 0.683. The van der Waals surface area contributed by atoms with Gasteiger partial charge in [0.25, 0.3) is 0 Å². The molecule has 10 nitrogen and oxygen atoms in total. The van der Waals surface area contributed by atoms with E-state index in [0.29, 0.717) is 5.95 Å². The van der Waals surface area contributed by atoms with Crippen LogP contribution in [-0.4, -0.2) is 84.8 Å². The molecule has 12 heteroatoms. The Morgan fingerprint density at radius 2 is 1.71 bits per heavy atom. The predicted molar refractivity (Wildman–Crippen MR) is 138 cm³/mol. The zero-order valence-electron chi connectivity index (χ0n) is 19.9. The SMILES string of the molecule is CN1CCN(Cc2ccc(Nc3ncc(Cl)c(Nc4ncccc4S(=O)(=O)N(C)C)n3)cc2)CC1. The molecular weight excluding hydrogens is 488 g/mol. The molecule has 0 bridgehead atoms. The first-order valence-electron chi connectivity index (χ1n) is 11.2. The quantitative estimate of drug-likeness (QED) is 0.467. The Bertz CT molecular complexity index is 1260. The zero-order valence-corrected chi connectivity index (χ0v) is 21.5. The Morgan fingerprint density at radius 1 is 1.00 bits per heavy atom. The van der Waals surface area contributed by atoms with E-state index in [4.69, 9.17) is 11.6 Å². The molecule has 0 unspecified atom stereocenters. The van der Waals surface area contributed by atoms with E-state index in [0.717, 1.165) is 42.7 Å². The van der Waals surface area contributed by atoms with Gasteiger partial charge in [-0.3, -0.25) is 4.90 Å². The standard InChI is InChI=1S/C23H29ClN8O2S/c1-30(2)35(33,34)20-5-4-10-25-22(20)28-21-19(24)15-26-23(29-21)27-18-8-6-17(7-9-18)16-32-13-11-31(3)12-14-32/h4-10,15H,11-14,16H2,1-3H3,(H2,25,26,27,28,29). The number of sulfonamides is 1. The van der Waals surface area contributed by atoms with E-state index < -0.39 is 10.0 Å². The van der Waals surface area contributed by atoms with Gasteiger partial charge in [-0.2, -0.15) is 4.98 Å². The summed E-state index contributed by atoms with van der Waals surface area (Å²) >= 11 is 6.29. The van der Waals surface area contributed by atoms with Crippen LogP contribution in [0.3, 0.4) is 0 Å². The molecule has 1 aromatic carbocycles. The third-order valence-electron chi connectivity index (χ3n) is 5.72. The monoisotopic (exact) mass is 516 g/mol. The summed E-state index contributed by atoms with van der Waals surface area (Å²) in [6, 6.07) is 11.2. The summed E-state index contributed by atoms with van der Waals surface area (Å²) in [5, 5.41) is 6.34. The number of benzene rings is 1. The van der Waals surface area contributed by atoms with Gasteiger partial charge in [-0.1, -0.05) is 23.7 Å². The Kier molecular flexibility index (Phi) is 7.82. The molecule has 0 spiro atoms. The zero-order chi connectivity index (χ0) is 25.0. The fraction of sp³-hybridized carbons (Fsp3) is 0.348. The minimum Gasteiger partial charge on any atom is -0.324 e. The van der Waals surface area contributed by atoms with Crippen LogP contribution in [0.5, 0.6) is 0 Å². The number of nitrogens with zero attached hydrogens (tertiary/aromatic N) is 6. The predicted octanol–water partition coefficient (Wildman–Crippen LogP) is 3.01. The van der Waals surface area contributed by atoms with Gasteiger partial charge in [0.15, 0.2) is 11.6 Å². The molecule has 0 amide bonds. The number of anilines is 4. The molecule has 186 valence electrons. The number of rotatable bonds is 8. The smallest absolute Gasteiger partial charge is 0.246 e. The van der Waals surface area contributed by atoms with E-state index in [1.54, 1.807) is 6.07 Å². The van der Waals surface area contributed by atoms with Crippen LogP contribution >= 0.6 is 11.6 Å². The van der Waals surface area contributed by atoms with Crippen LogP contribution in [-0.2, 0) is 16.6 Å². The lowest BCUT2D eigenvalue weighted by atomic mass is 10.2. The lowest BCUT2D eigenvalue weighted by Gasteiger charge is -2.32. The third-order valence-corrected chi connectivity index (χ3v) is 7.85. The summed E-state index contributed by atoms with van der Waals surface area (Å²) in [6.07, 6.45) is 2.94. The van der Waals surface area contributed by atoms with Gasteiger partial charge in [0.05, 0.1) is 6.20 Å². The minimum atomic E-state index is -3.72. The number of halogens is 1. The number of hydrogen-bond acceptors (Lipinski definition) is 9. The number of aromatic nitrogens is 3. The van der Waals surface area contributed by atoms with Crippen LogP contribution in [0.15, 0.2) is 53.7 Å². The first-order chi connectivity index (χ1) is 16.7. The molecular formula is C23H29ClN8O2S. The van der Waals surface area contributed by atoms with Crippen molar-refractivity contribution < 1.29 is 8.42 Å². The van der Waals surface area contributed by atoms with Gasteiger partial charge >= 0.3 is 0 Å². The van der Waals surface area contributed by atoms with E-state index in [1.807, 2.05) is 12.1 Å². The van der Waals surface area contributed by atoms with Crippen molar-refractivity contribution in [1.29, 1.82) is 0 Å². The fourth-order valence-corrected chi connectivity index (χ4v) is 4.73. The first kappa shape index (κ1) is 25.3. The van der Waals surface area contributed by atoms with E-state index in [2.05, 4.69) is 54.6 Å². The highest BCUT2D eigenvalue weighted by Crippen LogP contribution is 2.28. The normalized spacial score (nSPS) is 15.3. The second kappa shape index (κ2) is 10.8. The average molecular weight is 517 g/mol. The lowest BCUT2D eigenvalue weighted by molar-refractivity contribution is 0.148. The minimum absolute atomic E-state index is 0.0186. The molecule has 0 saturated carbocycles. The largest absolute Gasteiger partial charge is 0.324 e. The first-order valence-corrected chi connectivity index (χ1v) is 13.0. The van der Waals surface area contributed by atoms with Gasteiger partial charge in [0.1, 0.15) is 9.92 Å². The second-order valence-corrected chi connectivity index (χ2v) is 11.1. The molecule has 1 saturated heterocycles. The maximum absolute atomic E-state index is 12.7. The highest BCUT2D eigenvalue weighted by atomic mass is 35.5. The van der Waals surface area contributed by atoms with Crippen LogP contribution < -0.4 is 10.6 Å². The number of hydrogen-bond donors (Lipinski definition) is 2. The Morgan fingerprint density at radius 3 is 2.40 bits per heavy atom. The highest BCUT2D eigenvalue weighted by molar-refractivity contribution is 7.89. The van der Waals surface area contributed by atoms with Crippen molar-refractivity contribution in [3.63, 3.8) is 0 Å². The maximum Gasteiger partial charge on any atom is 0.246 e. The molecule has 3 aromatic rings. The molecule has 2 N–H and O–H groups in total. The Labute approximate surface area is 211 Å². The Balaban J connectivity index is 1.47. The van der Waals surface area contributed by atoms with Crippen molar-refractivity contribution in [3.05, 3.63) is 59.4 Å². The van der Waals surface area contributed by atoms with E-state index in [-0.39, 0.29) is 21.6 Å². The second-order valence-electron chi connectivity index (χ2n) is 8.55. The number of likely N-dealkylation sites (N-methyl/N-ethyl adjacent to an activating group) is 1. The van der Waals surface area contributed by atoms with Crippen molar-refractivity contribution in [1.82, 2.24) is 29.1 Å². The summed E-state index contributed by atoms with van der Waals surface area (Å²) in [4.78, 5) is 17.7. The molecule has 3 heterocycles. The van der Waals surface area contributed by atoms with Crippen molar-refractivity contribution in [2.24, 2.45) is 0 Å². The van der Waals surface area contributed by atoms with E-state index in [1.165, 1.54) is 38.1 Å². The van der Waals surface area contributed by atoms with Gasteiger partial charge in [-0.05, 0) is 36.9 Å². The highest BCUT2D eigenvalue weighted by Gasteiger charge is 2.23. The van der Waals surface area contributed by atoms with Crippen molar-refractivity contribution in [3.8, 4) is 0 Å². The third kappa shape index (κ3) is 6.24. The summed E-state index contributed by atoms with van der Waals surface area (Å²) in [6.45, 7) is 5.23. The molecule has 1 fully saturated rings. The van der Waals surface area contributed by atoms with Crippen LogP contribution in [0.25, 0.3) is 0 Å². The van der Waals surface area contributed by atoms with Gasteiger partial charge in [-0.15, -0.1) is 0 Å². The number of piperazine rings is 1. The molecule has 4 rings (SSSR count). The molecule has 35 heavy (non-hydrogen) atoms.